The third-order valence-electron chi connectivity index (χ3n) is 3.75. The lowest BCUT2D eigenvalue weighted by molar-refractivity contribution is 0.0749. The fourth-order valence-corrected chi connectivity index (χ4v) is 3.00. The van der Waals surface area contributed by atoms with Crippen molar-refractivity contribution in [3.8, 4) is 0 Å². The molecule has 2 rings (SSSR count). The average Bonchev–Trinajstić information content (AvgIpc) is 2.87. The van der Waals surface area contributed by atoms with Crippen LogP contribution in [-0.4, -0.2) is 53.4 Å². The first-order valence-electron chi connectivity index (χ1n) is 6.84. The molecule has 1 aliphatic heterocycles. The Balaban J connectivity index is 2.07. The molecule has 1 atom stereocenters. The van der Waals surface area contributed by atoms with E-state index in [9.17, 15) is 4.79 Å². The molecule has 4 nitrogen and oxygen atoms in total. The van der Waals surface area contributed by atoms with Gasteiger partial charge in [-0.2, -0.15) is 0 Å². The van der Waals surface area contributed by atoms with E-state index in [4.69, 9.17) is 23.2 Å². The normalized spacial score (nSPS) is 19.3. The first-order chi connectivity index (χ1) is 9.52. The number of carbonyl (C=O) groups is 1. The Labute approximate surface area is 129 Å². The van der Waals surface area contributed by atoms with E-state index in [1.807, 2.05) is 0 Å². The number of pyridine rings is 1. The Hall–Kier alpha value is -0.840. The summed E-state index contributed by atoms with van der Waals surface area (Å²) in [6.07, 6.45) is 2.32. The fourth-order valence-electron chi connectivity index (χ4n) is 2.67. The molecule has 1 amide bonds. The van der Waals surface area contributed by atoms with Gasteiger partial charge < -0.3 is 4.90 Å². The molecule has 2 heterocycles. The predicted molar refractivity (Wildman–Crippen MR) is 81.5 cm³/mol. The van der Waals surface area contributed by atoms with Crippen molar-refractivity contribution >= 4 is 29.1 Å². The van der Waals surface area contributed by atoms with Crippen LogP contribution in [0.2, 0.25) is 10.2 Å². The molecule has 0 saturated carbocycles. The second kappa shape index (κ2) is 6.74. The predicted octanol–water partition coefficient (Wildman–Crippen LogP) is 2.94. The third kappa shape index (κ3) is 3.43. The fraction of sp³-hybridized carbons (Fsp3) is 0.571. The second-order valence-electron chi connectivity index (χ2n) is 5.07. The van der Waals surface area contributed by atoms with Gasteiger partial charge in [0.05, 0.1) is 5.02 Å². The Morgan fingerprint density at radius 3 is 2.95 bits per heavy atom. The monoisotopic (exact) mass is 315 g/mol. The lowest BCUT2D eigenvalue weighted by Gasteiger charge is -2.27. The number of nitrogens with zero attached hydrogens (tertiary/aromatic N) is 3. The van der Waals surface area contributed by atoms with E-state index in [1.165, 1.54) is 6.42 Å². The minimum atomic E-state index is -0.180. The Morgan fingerprint density at radius 2 is 2.25 bits per heavy atom. The van der Waals surface area contributed by atoms with E-state index in [0.29, 0.717) is 17.6 Å². The smallest absolute Gasteiger partial charge is 0.273 e. The summed E-state index contributed by atoms with van der Waals surface area (Å²) in [7, 11) is 1.79. The molecule has 6 heteroatoms. The highest BCUT2D eigenvalue weighted by Crippen LogP contribution is 2.21. The largest absolute Gasteiger partial charge is 0.339 e. The summed E-state index contributed by atoms with van der Waals surface area (Å²) in [6, 6.07) is 3.61. The highest BCUT2D eigenvalue weighted by atomic mass is 35.5. The van der Waals surface area contributed by atoms with Crippen molar-refractivity contribution < 1.29 is 4.79 Å². The number of likely N-dealkylation sites (N-methyl/N-ethyl adjacent to an activating group) is 2. The maximum Gasteiger partial charge on any atom is 0.273 e. The number of halogens is 2. The van der Waals surface area contributed by atoms with Crippen LogP contribution >= 0.6 is 23.2 Å². The van der Waals surface area contributed by atoms with Crippen molar-refractivity contribution in [3.05, 3.63) is 28.0 Å². The van der Waals surface area contributed by atoms with Crippen molar-refractivity contribution in [3.63, 3.8) is 0 Å². The summed E-state index contributed by atoms with van der Waals surface area (Å²) in [5.41, 5.74) is 0.225. The van der Waals surface area contributed by atoms with E-state index >= 15 is 0 Å². The molecule has 0 bridgehead atoms. The average molecular weight is 316 g/mol. The molecule has 0 radical (unpaired) electrons. The van der Waals surface area contributed by atoms with Gasteiger partial charge in [-0.25, -0.2) is 4.98 Å². The van der Waals surface area contributed by atoms with Gasteiger partial charge >= 0.3 is 0 Å². The summed E-state index contributed by atoms with van der Waals surface area (Å²) in [4.78, 5) is 20.5. The zero-order chi connectivity index (χ0) is 14.7. The number of hydrogen-bond donors (Lipinski definition) is 0. The van der Waals surface area contributed by atoms with Crippen LogP contribution in [0.15, 0.2) is 12.1 Å². The number of likely N-dealkylation sites (tertiary alicyclic amines) is 1. The van der Waals surface area contributed by atoms with Gasteiger partial charge in [0.1, 0.15) is 10.8 Å². The third-order valence-corrected chi connectivity index (χ3v) is 4.27. The summed E-state index contributed by atoms with van der Waals surface area (Å²) >= 11 is 11.9. The van der Waals surface area contributed by atoms with E-state index in [2.05, 4.69) is 16.8 Å². The molecule has 1 aliphatic rings. The number of aromatic nitrogens is 1. The van der Waals surface area contributed by atoms with Crippen LogP contribution in [0.25, 0.3) is 0 Å². The number of hydrogen-bond acceptors (Lipinski definition) is 3. The van der Waals surface area contributed by atoms with Crippen LogP contribution in [-0.2, 0) is 0 Å². The van der Waals surface area contributed by atoms with Gasteiger partial charge in [0.2, 0.25) is 0 Å². The van der Waals surface area contributed by atoms with Gasteiger partial charge in [0, 0.05) is 19.6 Å². The zero-order valence-electron chi connectivity index (χ0n) is 11.8. The van der Waals surface area contributed by atoms with Crippen molar-refractivity contribution in [2.45, 2.75) is 25.8 Å². The Morgan fingerprint density at radius 1 is 1.50 bits per heavy atom. The Kier molecular flexibility index (Phi) is 5.24. The summed E-state index contributed by atoms with van der Waals surface area (Å²) in [5.74, 6) is -0.180. The van der Waals surface area contributed by atoms with E-state index < -0.39 is 0 Å². The van der Waals surface area contributed by atoms with Crippen LogP contribution in [0.3, 0.4) is 0 Å². The maximum atomic E-state index is 12.4. The van der Waals surface area contributed by atoms with Gasteiger partial charge in [-0.3, -0.25) is 9.69 Å². The van der Waals surface area contributed by atoms with Crippen LogP contribution < -0.4 is 0 Å². The molecule has 0 aromatic carbocycles. The molecular formula is C14H19Cl2N3O. The molecule has 1 unspecified atom stereocenters. The maximum absolute atomic E-state index is 12.4. The van der Waals surface area contributed by atoms with Crippen molar-refractivity contribution in [2.75, 3.05) is 26.7 Å². The number of rotatable bonds is 4. The zero-order valence-corrected chi connectivity index (χ0v) is 13.3. The summed E-state index contributed by atoms with van der Waals surface area (Å²) < 4.78 is 0. The molecular weight excluding hydrogens is 297 g/mol. The van der Waals surface area contributed by atoms with Gasteiger partial charge in [0.25, 0.3) is 5.91 Å². The molecule has 1 aromatic heterocycles. The summed E-state index contributed by atoms with van der Waals surface area (Å²) in [5, 5.41) is 0.618. The van der Waals surface area contributed by atoms with Crippen molar-refractivity contribution in [1.29, 1.82) is 0 Å². The molecule has 1 aromatic rings. The molecule has 0 spiro atoms. The van der Waals surface area contributed by atoms with Crippen LogP contribution in [0.1, 0.15) is 30.3 Å². The first-order valence-corrected chi connectivity index (χ1v) is 7.60. The quantitative estimate of drug-likeness (QED) is 0.801. The highest BCUT2D eigenvalue weighted by molar-refractivity contribution is 6.34. The molecule has 1 saturated heterocycles. The van der Waals surface area contributed by atoms with Crippen molar-refractivity contribution in [1.82, 2.24) is 14.8 Å². The minimum Gasteiger partial charge on any atom is -0.339 e. The van der Waals surface area contributed by atoms with Gasteiger partial charge in [0.15, 0.2) is 0 Å². The first kappa shape index (κ1) is 15.5. The summed E-state index contributed by atoms with van der Waals surface area (Å²) in [6.45, 7) is 4.97. The highest BCUT2D eigenvalue weighted by Gasteiger charge is 2.27. The van der Waals surface area contributed by atoms with E-state index in [1.54, 1.807) is 24.1 Å². The van der Waals surface area contributed by atoms with E-state index in [0.717, 1.165) is 19.5 Å². The SMILES string of the molecule is CCN1CCCC1CN(C)C(=O)c1nc(Cl)ccc1Cl. The van der Waals surface area contributed by atoms with Gasteiger partial charge in [-0.05, 0) is 38.1 Å². The minimum absolute atomic E-state index is 0.180. The molecule has 110 valence electrons. The molecule has 1 fully saturated rings. The molecule has 20 heavy (non-hydrogen) atoms. The standard InChI is InChI=1S/C14H19Cl2N3O/c1-3-19-8-4-5-10(19)9-18(2)14(20)13-11(15)6-7-12(16)17-13/h6-7,10H,3-5,8-9H2,1-2H3. The van der Waals surface area contributed by atoms with Crippen LogP contribution in [0, 0.1) is 0 Å². The van der Waals surface area contributed by atoms with E-state index in [-0.39, 0.29) is 16.8 Å². The lowest BCUT2D eigenvalue weighted by Crippen LogP contribution is -2.41. The Bertz CT molecular complexity index is 495. The molecule has 0 N–H and O–H groups in total. The second-order valence-corrected chi connectivity index (χ2v) is 5.87. The topological polar surface area (TPSA) is 36.4 Å². The lowest BCUT2D eigenvalue weighted by atomic mass is 10.2. The number of carbonyl (C=O) groups excluding carboxylic acids is 1. The van der Waals surface area contributed by atoms with Gasteiger partial charge in [-0.1, -0.05) is 30.1 Å². The molecule has 0 aliphatic carbocycles. The number of amides is 1. The van der Waals surface area contributed by atoms with Crippen LogP contribution in [0.4, 0.5) is 0 Å². The van der Waals surface area contributed by atoms with Gasteiger partial charge in [-0.15, -0.1) is 0 Å². The van der Waals surface area contributed by atoms with Crippen LogP contribution in [0.5, 0.6) is 0 Å². The van der Waals surface area contributed by atoms with Crippen molar-refractivity contribution in [2.24, 2.45) is 0 Å².